The molecule has 0 aliphatic carbocycles. The second kappa shape index (κ2) is 8.28. The molecule has 0 atom stereocenters. The molecule has 1 N–H and O–H groups in total. The number of piperazine rings is 1. The van der Waals surface area contributed by atoms with Gasteiger partial charge >= 0.3 is 0 Å². The molecule has 1 saturated heterocycles. The predicted molar refractivity (Wildman–Crippen MR) is 113 cm³/mol. The Bertz CT molecular complexity index is 954. The molecule has 1 aliphatic heterocycles. The number of nitrogens with one attached hydrogen (secondary N) is 1. The highest BCUT2D eigenvalue weighted by molar-refractivity contribution is 7.88. The summed E-state index contributed by atoms with van der Waals surface area (Å²) >= 11 is 1.41. The van der Waals surface area contributed by atoms with Crippen LogP contribution < -0.4 is 5.32 Å². The van der Waals surface area contributed by atoms with Crippen LogP contribution in [-0.4, -0.2) is 67.5 Å². The minimum atomic E-state index is -3.16. The van der Waals surface area contributed by atoms with Gasteiger partial charge in [-0.2, -0.15) is 4.31 Å². The smallest absolute Gasteiger partial charge is 0.240 e. The molecule has 0 saturated carbocycles. The number of amides is 1. The number of carbonyl (C=O) groups is 1. The van der Waals surface area contributed by atoms with Crippen molar-refractivity contribution in [2.24, 2.45) is 0 Å². The van der Waals surface area contributed by atoms with E-state index in [0.29, 0.717) is 31.3 Å². The molecule has 0 radical (unpaired) electrons. The van der Waals surface area contributed by atoms with E-state index < -0.39 is 10.0 Å². The van der Waals surface area contributed by atoms with Gasteiger partial charge in [0.25, 0.3) is 0 Å². The normalized spacial score (nSPS) is 16.3. The fraction of sp³-hybridized carbons (Fsp3) is 0.474. The molecule has 1 fully saturated rings. The Balaban J connectivity index is 1.59. The topological polar surface area (TPSA) is 82.6 Å². The average Bonchev–Trinajstić information content (AvgIpc) is 3.01. The van der Waals surface area contributed by atoms with Crippen molar-refractivity contribution < 1.29 is 13.2 Å². The van der Waals surface area contributed by atoms with Gasteiger partial charge in [0.1, 0.15) is 0 Å². The van der Waals surface area contributed by atoms with E-state index in [0.717, 1.165) is 11.3 Å². The predicted octanol–water partition coefficient (Wildman–Crippen LogP) is 2.25. The largest absolute Gasteiger partial charge is 0.301 e. The molecule has 1 aliphatic rings. The van der Waals surface area contributed by atoms with Crippen LogP contribution in [0.15, 0.2) is 17.5 Å². The lowest BCUT2D eigenvalue weighted by Gasteiger charge is -2.32. The number of anilines is 1. The maximum atomic E-state index is 12.4. The fourth-order valence-electron chi connectivity index (χ4n) is 3.61. The van der Waals surface area contributed by atoms with Gasteiger partial charge in [-0.15, -0.1) is 11.3 Å². The van der Waals surface area contributed by atoms with Crippen molar-refractivity contribution >= 4 is 32.4 Å². The first-order chi connectivity index (χ1) is 13.1. The highest BCUT2D eigenvalue weighted by Gasteiger charge is 2.24. The molecule has 1 amide bonds. The number of carbonyl (C=O) groups excluding carboxylic acids is 1. The van der Waals surface area contributed by atoms with E-state index in [1.54, 1.807) is 0 Å². The van der Waals surface area contributed by atoms with Crippen molar-refractivity contribution in [2.45, 2.75) is 20.8 Å². The lowest BCUT2D eigenvalue weighted by molar-refractivity contribution is -0.117. The van der Waals surface area contributed by atoms with E-state index in [-0.39, 0.29) is 12.5 Å². The first-order valence-corrected chi connectivity index (χ1v) is 11.9. The molecular weight excluding hydrogens is 396 g/mol. The van der Waals surface area contributed by atoms with Crippen molar-refractivity contribution in [1.82, 2.24) is 14.2 Å². The van der Waals surface area contributed by atoms with Crippen molar-refractivity contribution in [3.63, 3.8) is 0 Å². The number of hydrogen-bond acceptors (Lipinski definition) is 6. The van der Waals surface area contributed by atoms with Crippen LogP contribution in [-0.2, 0) is 14.8 Å². The van der Waals surface area contributed by atoms with Crippen LogP contribution in [0.5, 0.6) is 0 Å². The summed E-state index contributed by atoms with van der Waals surface area (Å²) in [7, 11) is -3.16. The molecule has 9 heteroatoms. The standard InChI is InChI=1S/C19H26N4O3S2/c1-13-9-14(2)18(15(3)10-13)16-12-27-19(20-16)21-17(24)11-22-5-7-23(8-6-22)28(4,25)26/h9-10,12H,5-8,11H2,1-4H3,(H,20,21,24). The van der Waals surface area contributed by atoms with Gasteiger partial charge in [0.2, 0.25) is 15.9 Å². The summed E-state index contributed by atoms with van der Waals surface area (Å²) in [4.78, 5) is 18.9. The summed E-state index contributed by atoms with van der Waals surface area (Å²) in [5, 5.41) is 5.41. The Morgan fingerprint density at radius 3 is 2.32 bits per heavy atom. The van der Waals surface area contributed by atoms with Crippen LogP contribution in [0, 0.1) is 20.8 Å². The minimum absolute atomic E-state index is 0.133. The monoisotopic (exact) mass is 422 g/mol. The van der Waals surface area contributed by atoms with Crippen molar-refractivity contribution in [1.29, 1.82) is 0 Å². The van der Waals surface area contributed by atoms with E-state index >= 15 is 0 Å². The Kier molecular flexibility index (Phi) is 6.18. The lowest BCUT2D eigenvalue weighted by Crippen LogP contribution is -2.50. The summed E-state index contributed by atoms with van der Waals surface area (Å²) in [6.45, 7) is 8.38. The number of aryl methyl sites for hydroxylation is 3. The van der Waals surface area contributed by atoms with Gasteiger partial charge in [0, 0.05) is 37.1 Å². The maximum absolute atomic E-state index is 12.4. The summed E-state index contributed by atoms with van der Waals surface area (Å²) < 4.78 is 24.6. The summed E-state index contributed by atoms with van der Waals surface area (Å²) in [5.41, 5.74) is 5.55. The first kappa shape index (κ1) is 20.9. The third-order valence-electron chi connectivity index (χ3n) is 4.85. The molecule has 28 heavy (non-hydrogen) atoms. The van der Waals surface area contributed by atoms with Gasteiger partial charge in [-0.25, -0.2) is 13.4 Å². The third kappa shape index (κ3) is 4.96. The molecule has 0 unspecified atom stereocenters. The van der Waals surface area contributed by atoms with E-state index in [1.165, 1.54) is 38.6 Å². The van der Waals surface area contributed by atoms with Gasteiger partial charge < -0.3 is 5.32 Å². The van der Waals surface area contributed by atoms with Crippen LogP contribution >= 0.6 is 11.3 Å². The van der Waals surface area contributed by atoms with Crippen LogP contribution in [0.1, 0.15) is 16.7 Å². The molecule has 1 aromatic carbocycles. The number of rotatable bonds is 5. The number of benzene rings is 1. The fourth-order valence-corrected chi connectivity index (χ4v) is 5.16. The number of nitrogens with zero attached hydrogens (tertiary/aromatic N) is 3. The minimum Gasteiger partial charge on any atom is -0.301 e. The van der Waals surface area contributed by atoms with E-state index in [2.05, 4.69) is 43.2 Å². The van der Waals surface area contributed by atoms with E-state index in [1.807, 2.05) is 10.3 Å². The van der Waals surface area contributed by atoms with Gasteiger partial charge in [0.15, 0.2) is 5.13 Å². The Morgan fingerprint density at radius 2 is 1.75 bits per heavy atom. The van der Waals surface area contributed by atoms with Gasteiger partial charge in [-0.1, -0.05) is 17.7 Å². The lowest BCUT2D eigenvalue weighted by atomic mass is 9.98. The molecule has 2 heterocycles. The molecule has 7 nitrogen and oxygen atoms in total. The molecular formula is C19H26N4O3S2. The van der Waals surface area contributed by atoms with E-state index in [9.17, 15) is 13.2 Å². The number of hydrogen-bond donors (Lipinski definition) is 1. The molecule has 0 bridgehead atoms. The molecule has 3 rings (SSSR count). The summed E-state index contributed by atoms with van der Waals surface area (Å²) in [6, 6.07) is 4.27. The Labute approximate surface area is 170 Å². The van der Waals surface area contributed by atoms with Gasteiger partial charge in [0.05, 0.1) is 18.5 Å². The average molecular weight is 423 g/mol. The summed E-state index contributed by atoms with van der Waals surface area (Å²) in [5.74, 6) is -0.133. The number of sulfonamides is 1. The first-order valence-electron chi connectivity index (χ1n) is 9.14. The van der Waals surface area contributed by atoms with Gasteiger partial charge in [-0.05, 0) is 31.9 Å². The second-order valence-electron chi connectivity index (χ2n) is 7.30. The second-order valence-corrected chi connectivity index (χ2v) is 10.1. The zero-order chi connectivity index (χ0) is 20.5. The highest BCUT2D eigenvalue weighted by atomic mass is 32.2. The number of thiazole rings is 1. The van der Waals surface area contributed by atoms with Crippen LogP contribution in [0.2, 0.25) is 0 Å². The molecule has 1 aromatic heterocycles. The highest BCUT2D eigenvalue weighted by Crippen LogP contribution is 2.31. The van der Waals surface area contributed by atoms with Crippen LogP contribution in [0.25, 0.3) is 11.3 Å². The zero-order valence-electron chi connectivity index (χ0n) is 16.7. The maximum Gasteiger partial charge on any atom is 0.240 e. The van der Waals surface area contributed by atoms with E-state index in [4.69, 9.17) is 0 Å². The molecule has 2 aromatic rings. The van der Waals surface area contributed by atoms with Crippen LogP contribution in [0.4, 0.5) is 5.13 Å². The van der Waals surface area contributed by atoms with Crippen molar-refractivity contribution in [3.05, 3.63) is 34.2 Å². The third-order valence-corrected chi connectivity index (χ3v) is 6.91. The van der Waals surface area contributed by atoms with Gasteiger partial charge in [-0.3, -0.25) is 9.69 Å². The molecule has 152 valence electrons. The van der Waals surface area contributed by atoms with Crippen LogP contribution in [0.3, 0.4) is 0 Å². The van der Waals surface area contributed by atoms with Crippen molar-refractivity contribution in [2.75, 3.05) is 44.3 Å². The quantitative estimate of drug-likeness (QED) is 0.799. The Hall–Kier alpha value is -1.81. The number of aromatic nitrogens is 1. The zero-order valence-corrected chi connectivity index (χ0v) is 18.3. The summed E-state index contributed by atoms with van der Waals surface area (Å²) in [6.07, 6.45) is 1.22. The van der Waals surface area contributed by atoms with Crippen molar-refractivity contribution in [3.8, 4) is 11.3 Å². The molecule has 0 spiro atoms. The SMILES string of the molecule is Cc1cc(C)c(-c2csc(NC(=O)CN3CCN(S(C)(=O)=O)CC3)n2)c(C)c1. The Morgan fingerprint density at radius 1 is 1.14 bits per heavy atom.